The van der Waals surface area contributed by atoms with Crippen molar-refractivity contribution >= 4 is 90.7 Å². The van der Waals surface area contributed by atoms with E-state index in [2.05, 4.69) is 39.8 Å². The minimum absolute atomic E-state index is 0. The van der Waals surface area contributed by atoms with Crippen LogP contribution in [0, 0.1) is 0 Å². The van der Waals surface area contributed by atoms with Gasteiger partial charge in [0.1, 0.15) is 20.2 Å². The van der Waals surface area contributed by atoms with Crippen molar-refractivity contribution < 1.29 is 25.9 Å². The predicted molar refractivity (Wildman–Crippen MR) is 313 cm³/mol. The smallest absolute Gasteiger partial charge is 0.744 e. The number of unbranched alkanes of at least 4 members (excludes halogenated alkanes) is 32. The Morgan fingerprint density at radius 1 is 0.288 bits per heavy atom. The zero-order valence-corrected chi connectivity index (χ0v) is 53.1. The van der Waals surface area contributed by atoms with Crippen LogP contribution in [0.5, 0.6) is 0 Å². The van der Waals surface area contributed by atoms with Gasteiger partial charge < -0.3 is 9.11 Å². The maximum absolute atomic E-state index is 12.0. The minimum Gasteiger partial charge on any atom is -0.744 e. The monoisotopic (exact) mass is 1170 g/mol. The van der Waals surface area contributed by atoms with Crippen LogP contribution in [0.4, 0.5) is 0 Å². The molecule has 0 aliphatic heterocycles. The molecule has 0 heterocycles. The molecule has 9 heteroatoms. The van der Waals surface area contributed by atoms with Crippen LogP contribution < -0.4 is 0 Å². The molecule has 4 aromatic carbocycles. The summed E-state index contributed by atoms with van der Waals surface area (Å²) >= 11 is 0. The summed E-state index contributed by atoms with van der Waals surface area (Å²) in [7, 11) is -8.97. The molecule has 408 valence electrons. The molecule has 4 aromatic rings. The quantitative estimate of drug-likeness (QED) is 0.0248. The average Bonchev–Trinajstić information content (AvgIpc) is 3.36. The maximum Gasteiger partial charge on any atom is 2.00 e. The SMILES string of the molecule is CCCCCCCCCCCc1cccc2c(CCCCCCCCCCC)c(S(=O)(=O)[O-])ccc12.CCCCCCCCCCCc1cccc2c(CCCCCCCCCCC)c(S(=O)(=O)[O-])ccc12.[Ba+2]. The van der Waals surface area contributed by atoms with Crippen LogP contribution in [0.15, 0.2) is 70.5 Å². The van der Waals surface area contributed by atoms with Crippen LogP contribution in [-0.4, -0.2) is 74.8 Å². The normalized spacial score (nSPS) is 11.8. The van der Waals surface area contributed by atoms with Crippen LogP contribution in [0.2, 0.25) is 0 Å². The molecular formula is C64H102BaO6S2. The van der Waals surface area contributed by atoms with Gasteiger partial charge in [-0.1, -0.05) is 282 Å². The van der Waals surface area contributed by atoms with Gasteiger partial charge in [-0.05, 0) is 107 Å². The topological polar surface area (TPSA) is 114 Å². The number of hydrogen-bond donors (Lipinski definition) is 0. The number of rotatable bonds is 42. The van der Waals surface area contributed by atoms with E-state index in [0.29, 0.717) is 12.8 Å². The van der Waals surface area contributed by atoms with Gasteiger partial charge in [0.2, 0.25) is 0 Å². The van der Waals surface area contributed by atoms with Gasteiger partial charge in [-0.3, -0.25) is 0 Å². The van der Waals surface area contributed by atoms with Crippen molar-refractivity contribution in [3.63, 3.8) is 0 Å². The first-order valence-corrected chi connectivity index (χ1v) is 32.8. The first-order valence-electron chi connectivity index (χ1n) is 30.0. The number of aryl methyl sites for hydroxylation is 4. The third-order valence-corrected chi connectivity index (χ3v) is 17.0. The first kappa shape index (κ1) is 67.9. The number of hydrogen-bond acceptors (Lipinski definition) is 6. The van der Waals surface area contributed by atoms with Crippen molar-refractivity contribution in [1.29, 1.82) is 0 Å². The van der Waals surface area contributed by atoms with E-state index in [1.165, 1.54) is 204 Å². The molecule has 0 aromatic heterocycles. The van der Waals surface area contributed by atoms with Gasteiger partial charge in [-0.15, -0.1) is 0 Å². The summed E-state index contributed by atoms with van der Waals surface area (Å²) in [5.41, 5.74) is 4.02. The van der Waals surface area contributed by atoms with E-state index < -0.39 is 20.2 Å². The van der Waals surface area contributed by atoms with Crippen LogP contribution in [0.3, 0.4) is 0 Å². The van der Waals surface area contributed by atoms with Crippen LogP contribution in [0.25, 0.3) is 21.5 Å². The summed E-state index contributed by atoms with van der Waals surface area (Å²) in [6, 6.07) is 19.3. The van der Waals surface area contributed by atoms with Crippen molar-refractivity contribution in [3.8, 4) is 0 Å². The average molecular weight is 1170 g/mol. The molecule has 0 saturated carbocycles. The van der Waals surface area contributed by atoms with E-state index in [1.54, 1.807) is 12.1 Å². The van der Waals surface area contributed by atoms with Gasteiger partial charge in [-0.25, -0.2) is 16.8 Å². The summed E-state index contributed by atoms with van der Waals surface area (Å²) < 4.78 is 72.3. The van der Waals surface area contributed by atoms with Gasteiger partial charge >= 0.3 is 48.9 Å². The molecule has 0 atom stereocenters. The molecular weight excluding hydrogens is 1070 g/mol. The Morgan fingerprint density at radius 2 is 0.521 bits per heavy atom. The Kier molecular flexibility index (Phi) is 38.9. The Balaban J connectivity index is 0.000000493. The van der Waals surface area contributed by atoms with Crippen LogP contribution in [-0.2, 0) is 45.9 Å². The molecule has 0 fully saturated rings. The second kappa shape index (κ2) is 41.8. The van der Waals surface area contributed by atoms with Gasteiger partial charge in [-0.2, -0.15) is 0 Å². The summed E-state index contributed by atoms with van der Waals surface area (Å²) in [5.74, 6) is 0. The number of fused-ring (bicyclic) bond motifs is 2. The Bertz CT molecular complexity index is 2100. The summed E-state index contributed by atoms with van der Waals surface area (Å²) in [4.78, 5) is -0.0374. The molecule has 0 aliphatic rings. The Labute approximate surface area is 489 Å². The second-order valence-corrected chi connectivity index (χ2v) is 24.0. The predicted octanol–water partition coefficient (Wildman–Crippen LogP) is 19.4. The molecule has 0 unspecified atom stereocenters. The van der Waals surface area contributed by atoms with Gasteiger partial charge in [0.05, 0.1) is 9.79 Å². The fraction of sp³-hybridized carbons (Fsp3) is 0.688. The third kappa shape index (κ3) is 28.3. The number of benzene rings is 4. The first-order chi connectivity index (χ1) is 35.0. The molecule has 4 rings (SSSR count). The van der Waals surface area contributed by atoms with E-state index in [-0.39, 0.29) is 58.7 Å². The molecule has 73 heavy (non-hydrogen) atoms. The van der Waals surface area contributed by atoms with Crippen LogP contribution in [0.1, 0.15) is 281 Å². The van der Waals surface area contributed by atoms with E-state index in [1.807, 2.05) is 36.4 Å². The van der Waals surface area contributed by atoms with Crippen molar-refractivity contribution in [2.45, 2.75) is 294 Å². The molecule has 0 radical (unpaired) electrons. The fourth-order valence-electron chi connectivity index (χ4n) is 10.8. The standard InChI is InChI=1S/2C32H52O3S.Ba/c2*1-3-5-7-9-11-13-15-17-19-22-28-23-21-25-30-29(28)26-27-32(36(33,34)35)31(30)24-20-18-16-14-12-10-8-6-4-2;/h2*21,23,25-27H,3-20,22,24H2,1-2H3,(H,33,34,35);/q;;+2/p-2. The summed E-state index contributed by atoms with van der Waals surface area (Å²) in [5, 5.41) is 4.16. The zero-order valence-electron chi connectivity index (χ0n) is 47.0. The fourth-order valence-corrected chi connectivity index (χ4v) is 12.3. The van der Waals surface area contributed by atoms with Crippen molar-refractivity contribution in [2.24, 2.45) is 0 Å². The molecule has 0 bridgehead atoms. The van der Waals surface area contributed by atoms with Crippen molar-refractivity contribution in [1.82, 2.24) is 0 Å². The van der Waals surface area contributed by atoms with Crippen molar-refractivity contribution in [3.05, 3.63) is 82.9 Å². The van der Waals surface area contributed by atoms with Gasteiger partial charge in [0.15, 0.2) is 0 Å². The maximum atomic E-state index is 12.0. The minimum atomic E-state index is -4.48. The molecule has 0 spiro atoms. The van der Waals surface area contributed by atoms with Crippen LogP contribution >= 0.6 is 0 Å². The van der Waals surface area contributed by atoms with Crippen molar-refractivity contribution in [2.75, 3.05) is 0 Å². The largest absolute Gasteiger partial charge is 2.00 e. The second-order valence-electron chi connectivity index (χ2n) is 21.3. The Hall–Kier alpha value is -1.21. The summed E-state index contributed by atoms with van der Waals surface area (Å²) in [6.45, 7) is 9.00. The van der Waals surface area contributed by atoms with Gasteiger partial charge in [0.25, 0.3) is 0 Å². The van der Waals surface area contributed by atoms with E-state index in [4.69, 9.17) is 0 Å². The Morgan fingerprint density at radius 3 is 0.767 bits per heavy atom. The van der Waals surface area contributed by atoms with Gasteiger partial charge in [0, 0.05) is 0 Å². The van der Waals surface area contributed by atoms with E-state index in [9.17, 15) is 25.9 Å². The summed E-state index contributed by atoms with van der Waals surface area (Å²) in [6.07, 6.45) is 48.8. The molecule has 0 saturated heterocycles. The molecule has 6 nitrogen and oxygen atoms in total. The molecule has 0 amide bonds. The zero-order chi connectivity index (χ0) is 52.1. The third-order valence-electron chi connectivity index (χ3n) is 15.1. The molecule has 0 N–H and O–H groups in total. The molecule has 0 aliphatic carbocycles. The van der Waals surface area contributed by atoms with E-state index >= 15 is 0 Å². The van der Waals surface area contributed by atoms with E-state index in [0.717, 1.165) is 84.0 Å².